The lowest BCUT2D eigenvalue weighted by Gasteiger charge is -2.31. The second-order valence-corrected chi connectivity index (χ2v) is 10.00. The molecule has 4 unspecified atom stereocenters. The Hall–Kier alpha value is -2.08. The van der Waals surface area contributed by atoms with Crippen LogP contribution in [0, 0.1) is 11.8 Å². The van der Waals surface area contributed by atoms with Crippen molar-refractivity contribution in [3.63, 3.8) is 0 Å². The summed E-state index contributed by atoms with van der Waals surface area (Å²) in [5.74, 6) is -19.2. The zero-order valence-corrected chi connectivity index (χ0v) is 23.4. The molecule has 0 aromatic rings. The number of hydrogen-bond donors (Lipinski definition) is 2. The summed E-state index contributed by atoms with van der Waals surface area (Å²) in [7, 11) is 0. The van der Waals surface area contributed by atoms with E-state index in [-0.39, 0.29) is 13.0 Å². The third kappa shape index (κ3) is 11.1. The quantitative estimate of drug-likeness (QED) is 0.103. The fourth-order valence-corrected chi connectivity index (χ4v) is 3.67. The minimum Gasteiger partial charge on any atom is -0.464 e. The lowest BCUT2D eigenvalue weighted by molar-refractivity contribution is -0.344. The number of rotatable bonds is 19. The molecule has 2 amide bonds. The van der Waals surface area contributed by atoms with Gasteiger partial charge in [0.25, 0.3) is 5.91 Å². The van der Waals surface area contributed by atoms with Crippen molar-refractivity contribution in [2.75, 3.05) is 6.61 Å². The summed E-state index contributed by atoms with van der Waals surface area (Å²) in [6, 6.07) is -3.17. The van der Waals surface area contributed by atoms with Crippen molar-refractivity contribution in [3.05, 3.63) is 0 Å². The summed E-state index contributed by atoms with van der Waals surface area (Å²) in [6.45, 7) is 8.33. The molecule has 0 aliphatic rings. The van der Waals surface area contributed by atoms with E-state index in [1.807, 2.05) is 0 Å². The number of hydrogen-bond acceptors (Lipinski definition) is 4. The summed E-state index contributed by atoms with van der Waals surface area (Å²) < 4.78 is 97.2. The van der Waals surface area contributed by atoms with Crippen LogP contribution in [0.5, 0.6) is 0 Å². The largest absolute Gasteiger partial charge is 0.464 e. The molecule has 0 aliphatic heterocycles. The van der Waals surface area contributed by atoms with Gasteiger partial charge in [-0.1, -0.05) is 92.4 Å². The average Bonchev–Trinajstić information content (AvgIpc) is 2.87. The molecule has 0 bridgehead atoms. The highest BCUT2D eigenvalue weighted by atomic mass is 19.4. The average molecular weight is 581 g/mol. The van der Waals surface area contributed by atoms with Crippen LogP contribution in [0.25, 0.3) is 0 Å². The number of nitrogens with one attached hydrogen (secondary N) is 2. The normalized spacial score (nSPS) is 15.7. The van der Waals surface area contributed by atoms with Crippen LogP contribution in [0.2, 0.25) is 0 Å². The minimum absolute atomic E-state index is 0.0660. The molecule has 0 aromatic heterocycles. The maximum absolute atomic E-state index is 13.9. The van der Waals surface area contributed by atoms with Gasteiger partial charge in [-0.3, -0.25) is 9.59 Å². The molecular weight excluding hydrogens is 537 g/mol. The first-order valence-electron chi connectivity index (χ1n) is 13.6. The summed E-state index contributed by atoms with van der Waals surface area (Å²) >= 11 is 0. The highest BCUT2D eigenvalue weighted by Gasteiger charge is 2.76. The van der Waals surface area contributed by atoms with Crippen LogP contribution in [0.1, 0.15) is 98.8 Å². The van der Waals surface area contributed by atoms with Crippen molar-refractivity contribution in [1.82, 2.24) is 10.6 Å². The van der Waals surface area contributed by atoms with E-state index in [4.69, 9.17) is 4.74 Å². The lowest BCUT2D eigenvalue weighted by atomic mass is 9.95. The van der Waals surface area contributed by atoms with Crippen LogP contribution in [0.15, 0.2) is 0 Å². The highest BCUT2D eigenvalue weighted by Crippen LogP contribution is 2.46. The van der Waals surface area contributed by atoms with Crippen LogP contribution in [0.3, 0.4) is 0 Å². The van der Waals surface area contributed by atoms with E-state index >= 15 is 0 Å². The van der Waals surface area contributed by atoms with Crippen molar-refractivity contribution in [2.45, 2.75) is 129 Å². The molecule has 0 fully saturated rings. The Bertz CT molecular complexity index is 763. The first-order chi connectivity index (χ1) is 18.0. The number of alkyl halides is 7. The van der Waals surface area contributed by atoms with Crippen LogP contribution in [0.4, 0.5) is 30.7 Å². The Kier molecular flexibility index (Phi) is 16.0. The Labute approximate surface area is 226 Å². The van der Waals surface area contributed by atoms with Crippen molar-refractivity contribution in [3.8, 4) is 0 Å². The van der Waals surface area contributed by atoms with Gasteiger partial charge in [0, 0.05) is 0 Å². The molecule has 4 atom stereocenters. The monoisotopic (exact) mass is 580 g/mol. The Morgan fingerprint density at radius 1 is 0.692 bits per heavy atom. The Morgan fingerprint density at radius 2 is 1.15 bits per heavy atom. The van der Waals surface area contributed by atoms with Crippen molar-refractivity contribution in [2.24, 2.45) is 11.8 Å². The van der Waals surface area contributed by atoms with Gasteiger partial charge in [0.05, 0.1) is 6.61 Å². The molecule has 0 radical (unpaired) electrons. The highest BCUT2D eigenvalue weighted by molar-refractivity contribution is 5.93. The van der Waals surface area contributed by atoms with Gasteiger partial charge in [-0.15, -0.1) is 0 Å². The van der Waals surface area contributed by atoms with Crippen LogP contribution in [-0.4, -0.2) is 54.5 Å². The molecule has 2 N–H and O–H groups in total. The molecule has 0 rings (SSSR count). The molecule has 0 aromatic carbocycles. The molecule has 13 heteroatoms. The fraction of sp³-hybridized carbons (Fsp3) is 0.885. The van der Waals surface area contributed by atoms with Crippen LogP contribution < -0.4 is 10.6 Å². The topological polar surface area (TPSA) is 84.5 Å². The summed E-state index contributed by atoms with van der Waals surface area (Å²) in [4.78, 5) is 37.5. The number of carbonyl (C=O) groups is 3. The molecule has 0 aliphatic carbocycles. The van der Waals surface area contributed by atoms with E-state index in [1.165, 1.54) is 32.0 Å². The molecule has 230 valence electrons. The minimum atomic E-state index is -6.71. The van der Waals surface area contributed by atoms with Gasteiger partial charge >= 0.3 is 24.0 Å². The van der Waals surface area contributed by atoms with Gasteiger partial charge in [0.2, 0.25) is 5.91 Å². The van der Waals surface area contributed by atoms with Crippen molar-refractivity contribution in [1.29, 1.82) is 0 Å². The Balaban J connectivity index is 5.35. The standard InChI is InChI=1S/C26H43F7N2O4/c1-6-9-10-11-12-13-14-15-16-39-22(37)20(18(5)8-3)34-21(36)19(17(4)7-2)35-23(38)24(27,28)25(29,30)26(31,32)33/h17-20H,6-16H2,1-5H3,(H,34,36)(H,35,38). The number of unbranched alkanes of at least 4 members (excludes halogenated alkanes) is 7. The maximum Gasteiger partial charge on any atom is 0.460 e. The lowest BCUT2D eigenvalue weighted by Crippen LogP contribution is -2.63. The molecule has 0 spiro atoms. The predicted molar refractivity (Wildman–Crippen MR) is 132 cm³/mol. The summed E-state index contributed by atoms with van der Waals surface area (Å²) in [6.07, 6.45) is 1.84. The van der Waals surface area contributed by atoms with Gasteiger partial charge in [0.15, 0.2) is 0 Å². The summed E-state index contributed by atoms with van der Waals surface area (Å²) in [5, 5.41) is 3.65. The number of amides is 2. The van der Waals surface area contributed by atoms with Gasteiger partial charge in [0.1, 0.15) is 12.1 Å². The number of ether oxygens (including phenoxy) is 1. The van der Waals surface area contributed by atoms with Crippen molar-refractivity contribution >= 4 is 17.8 Å². The zero-order chi connectivity index (χ0) is 30.4. The Morgan fingerprint density at radius 3 is 1.62 bits per heavy atom. The first kappa shape index (κ1) is 36.9. The second kappa shape index (κ2) is 16.9. The van der Waals surface area contributed by atoms with Crippen LogP contribution in [-0.2, 0) is 19.1 Å². The smallest absolute Gasteiger partial charge is 0.460 e. The van der Waals surface area contributed by atoms with E-state index in [0.29, 0.717) is 12.8 Å². The number of halogens is 7. The third-order valence-corrected chi connectivity index (χ3v) is 6.82. The molecule has 0 saturated heterocycles. The third-order valence-electron chi connectivity index (χ3n) is 6.82. The van der Waals surface area contributed by atoms with E-state index in [2.05, 4.69) is 12.2 Å². The van der Waals surface area contributed by atoms with E-state index < -0.39 is 59.7 Å². The zero-order valence-electron chi connectivity index (χ0n) is 23.4. The van der Waals surface area contributed by atoms with Crippen LogP contribution >= 0.6 is 0 Å². The van der Waals surface area contributed by atoms with E-state index in [0.717, 1.165) is 32.1 Å². The molecule has 0 saturated carbocycles. The molecule has 39 heavy (non-hydrogen) atoms. The van der Waals surface area contributed by atoms with Gasteiger partial charge in [-0.05, 0) is 18.3 Å². The predicted octanol–water partition coefficient (Wildman–Crippen LogP) is 6.57. The maximum atomic E-state index is 13.9. The number of esters is 1. The van der Waals surface area contributed by atoms with Gasteiger partial charge < -0.3 is 15.4 Å². The summed E-state index contributed by atoms with van der Waals surface area (Å²) in [5.41, 5.74) is 0. The van der Waals surface area contributed by atoms with Crippen molar-refractivity contribution < 1.29 is 49.9 Å². The second-order valence-electron chi connectivity index (χ2n) is 10.00. The van der Waals surface area contributed by atoms with Gasteiger partial charge in [-0.2, -0.15) is 30.7 Å². The number of carbonyl (C=O) groups excluding carboxylic acids is 3. The molecule has 6 nitrogen and oxygen atoms in total. The molecule has 0 heterocycles. The van der Waals surface area contributed by atoms with Gasteiger partial charge in [-0.25, -0.2) is 4.79 Å². The first-order valence-corrected chi connectivity index (χ1v) is 13.6. The SMILES string of the molecule is CCCCCCCCCCOC(=O)C(NC(=O)C(NC(=O)C(F)(F)C(F)(F)C(F)(F)F)C(C)CC)C(C)CC. The van der Waals surface area contributed by atoms with E-state index in [9.17, 15) is 45.1 Å². The van der Waals surface area contributed by atoms with E-state index in [1.54, 1.807) is 13.8 Å². The molecular formula is C26H43F7N2O4. The fourth-order valence-electron chi connectivity index (χ4n) is 3.67.